The quantitative estimate of drug-likeness (QED) is 0.664. The third-order valence-electron chi connectivity index (χ3n) is 4.72. The maximum absolute atomic E-state index is 12.5. The maximum Gasteiger partial charge on any atom is 0.196 e. The highest BCUT2D eigenvalue weighted by atomic mass is 32.2. The van der Waals surface area contributed by atoms with Crippen LogP contribution in [-0.2, 0) is 4.79 Å². The molecule has 4 rings (SSSR count). The summed E-state index contributed by atoms with van der Waals surface area (Å²) in [7, 11) is 0. The van der Waals surface area contributed by atoms with Crippen LogP contribution in [0.2, 0.25) is 0 Å². The van der Waals surface area contributed by atoms with Gasteiger partial charge in [0.15, 0.2) is 16.8 Å². The van der Waals surface area contributed by atoms with E-state index in [1.165, 1.54) is 11.8 Å². The number of aromatic nitrogens is 4. The van der Waals surface area contributed by atoms with E-state index in [1.807, 2.05) is 34.9 Å². The second-order valence-corrected chi connectivity index (χ2v) is 7.51. The van der Waals surface area contributed by atoms with Gasteiger partial charge in [0, 0.05) is 18.0 Å². The van der Waals surface area contributed by atoms with Crippen molar-refractivity contribution in [1.29, 1.82) is 0 Å². The fourth-order valence-electron chi connectivity index (χ4n) is 3.28. The zero-order valence-corrected chi connectivity index (χ0v) is 15.9. The van der Waals surface area contributed by atoms with Crippen molar-refractivity contribution < 1.29 is 4.79 Å². The van der Waals surface area contributed by atoms with E-state index in [1.54, 1.807) is 12.4 Å². The molecule has 0 bridgehead atoms. The van der Waals surface area contributed by atoms with Crippen molar-refractivity contribution in [3.63, 3.8) is 0 Å². The number of benzene rings is 1. The number of carbonyl (C=O) groups excluding carboxylic acids is 1. The van der Waals surface area contributed by atoms with E-state index in [-0.39, 0.29) is 11.8 Å². The van der Waals surface area contributed by atoms with Crippen LogP contribution in [0.4, 0.5) is 0 Å². The molecule has 1 N–H and O–H groups in total. The van der Waals surface area contributed by atoms with Crippen molar-refractivity contribution in [2.24, 2.45) is 0 Å². The number of hydrogen-bond donors (Lipinski definition) is 1. The second kappa shape index (κ2) is 8.02. The van der Waals surface area contributed by atoms with Crippen molar-refractivity contribution in [1.82, 2.24) is 25.1 Å². The molecule has 1 unspecified atom stereocenters. The van der Waals surface area contributed by atoms with Crippen molar-refractivity contribution in [2.75, 3.05) is 12.3 Å². The normalized spacial score (nSPS) is 16.6. The average Bonchev–Trinajstić information content (AvgIpc) is 3.37. The van der Waals surface area contributed by atoms with Gasteiger partial charge in [-0.1, -0.05) is 30.0 Å². The number of rotatable bonds is 6. The van der Waals surface area contributed by atoms with E-state index in [4.69, 9.17) is 0 Å². The summed E-state index contributed by atoms with van der Waals surface area (Å²) in [4.78, 5) is 16.5. The number of aryl methyl sites for hydroxylation is 1. The lowest BCUT2D eigenvalue weighted by Gasteiger charge is -2.13. The summed E-state index contributed by atoms with van der Waals surface area (Å²) in [5.74, 6) is 1.36. The lowest BCUT2D eigenvalue weighted by atomic mass is 10.2. The van der Waals surface area contributed by atoms with Gasteiger partial charge in [0.2, 0.25) is 0 Å². The fraction of sp³-hybridized carbons (Fsp3) is 0.300. The summed E-state index contributed by atoms with van der Waals surface area (Å²) >= 11 is 1.45. The van der Waals surface area contributed by atoms with Crippen LogP contribution in [0.15, 0.2) is 53.9 Å². The maximum atomic E-state index is 12.5. The molecule has 1 saturated heterocycles. The van der Waals surface area contributed by atoms with Gasteiger partial charge in [-0.2, -0.15) is 0 Å². The van der Waals surface area contributed by atoms with E-state index < -0.39 is 0 Å². The van der Waals surface area contributed by atoms with E-state index in [2.05, 4.69) is 33.5 Å². The molecule has 0 spiro atoms. The van der Waals surface area contributed by atoms with Gasteiger partial charge < -0.3 is 5.32 Å². The van der Waals surface area contributed by atoms with Gasteiger partial charge in [-0.15, -0.1) is 10.2 Å². The molecule has 3 heterocycles. The van der Waals surface area contributed by atoms with E-state index in [9.17, 15) is 4.79 Å². The first-order valence-electron chi connectivity index (χ1n) is 9.05. The number of nitrogens with one attached hydrogen (secondary N) is 1. The Balaban J connectivity index is 1.68. The molecule has 7 heteroatoms. The molecular formula is C20H21N5OS. The molecule has 1 atom stereocenters. The minimum absolute atomic E-state index is 0.0213. The topological polar surface area (TPSA) is 72.7 Å². The van der Waals surface area contributed by atoms with Crippen molar-refractivity contribution in [3.05, 3.63) is 54.4 Å². The number of pyridine rings is 1. The van der Waals surface area contributed by atoms with Gasteiger partial charge in [0.25, 0.3) is 0 Å². The summed E-state index contributed by atoms with van der Waals surface area (Å²) in [5, 5.41) is 12.8. The molecule has 1 fully saturated rings. The summed E-state index contributed by atoms with van der Waals surface area (Å²) < 4.78 is 2.03. The van der Waals surface area contributed by atoms with Crippen LogP contribution in [-0.4, -0.2) is 43.9 Å². The van der Waals surface area contributed by atoms with Crippen molar-refractivity contribution >= 4 is 17.5 Å². The molecule has 0 radical (unpaired) electrons. The number of hydrogen-bond acceptors (Lipinski definition) is 6. The molecule has 1 aliphatic rings. The Labute approximate surface area is 162 Å². The molecule has 2 aromatic heterocycles. The number of carbonyl (C=O) groups is 1. The Hall–Kier alpha value is -2.51. The zero-order chi connectivity index (χ0) is 18.6. The number of ketones is 1. The smallest absolute Gasteiger partial charge is 0.196 e. The second-order valence-electron chi connectivity index (χ2n) is 6.57. The van der Waals surface area contributed by atoms with E-state index >= 15 is 0 Å². The van der Waals surface area contributed by atoms with Gasteiger partial charge >= 0.3 is 0 Å². The summed E-state index contributed by atoms with van der Waals surface area (Å²) in [6.07, 6.45) is 5.47. The Kier molecular flexibility index (Phi) is 5.31. The minimum atomic E-state index is -0.0213. The van der Waals surface area contributed by atoms with Gasteiger partial charge in [0.05, 0.1) is 17.5 Å². The Bertz CT molecular complexity index is 935. The van der Waals surface area contributed by atoms with Crippen molar-refractivity contribution in [3.8, 4) is 17.1 Å². The first kappa shape index (κ1) is 17.9. The molecule has 138 valence electrons. The van der Waals surface area contributed by atoms with Crippen LogP contribution < -0.4 is 5.32 Å². The third kappa shape index (κ3) is 3.79. The van der Waals surface area contributed by atoms with Crippen LogP contribution >= 0.6 is 11.8 Å². The monoisotopic (exact) mass is 379 g/mol. The largest absolute Gasteiger partial charge is 0.307 e. The highest BCUT2D eigenvalue weighted by molar-refractivity contribution is 7.99. The van der Waals surface area contributed by atoms with Crippen LogP contribution in [0.3, 0.4) is 0 Å². The van der Waals surface area contributed by atoms with E-state index in [0.29, 0.717) is 5.75 Å². The van der Waals surface area contributed by atoms with Crippen LogP contribution in [0.5, 0.6) is 0 Å². The van der Waals surface area contributed by atoms with Crippen LogP contribution in [0, 0.1) is 6.92 Å². The predicted molar refractivity (Wildman–Crippen MR) is 106 cm³/mol. The molecular weight excluding hydrogens is 358 g/mol. The summed E-state index contributed by atoms with van der Waals surface area (Å²) in [6.45, 7) is 2.99. The molecule has 27 heavy (non-hydrogen) atoms. The van der Waals surface area contributed by atoms with Gasteiger partial charge in [-0.3, -0.25) is 14.3 Å². The standard InChI is InChI=1S/C20H21N5OS/c1-14-5-2-3-7-17(14)25-19(15-8-11-21-12-9-15)23-24-20(25)27-13-18(26)16-6-4-10-22-16/h2-3,5,7-9,11-12,16,22H,4,6,10,13H2,1H3. The molecule has 1 aliphatic heterocycles. The fourth-order valence-corrected chi connectivity index (χ4v) is 4.16. The molecule has 0 aliphatic carbocycles. The average molecular weight is 379 g/mol. The zero-order valence-electron chi connectivity index (χ0n) is 15.1. The Morgan fingerprint density at radius 3 is 2.78 bits per heavy atom. The third-order valence-corrected chi connectivity index (χ3v) is 5.67. The van der Waals surface area contributed by atoms with Crippen molar-refractivity contribution in [2.45, 2.75) is 31.0 Å². The summed E-state index contributed by atoms with van der Waals surface area (Å²) in [6, 6.07) is 11.9. The lowest BCUT2D eigenvalue weighted by Crippen LogP contribution is -2.32. The molecule has 0 saturated carbocycles. The molecule has 1 aromatic carbocycles. The Morgan fingerprint density at radius 2 is 2.04 bits per heavy atom. The highest BCUT2D eigenvalue weighted by Gasteiger charge is 2.24. The van der Waals surface area contributed by atoms with Gasteiger partial charge in [-0.05, 0) is 50.1 Å². The first-order chi connectivity index (χ1) is 13.2. The lowest BCUT2D eigenvalue weighted by molar-refractivity contribution is -0.118. The number of para-hydroxylation sites is 1. The number of Topliss-reactive ketones (excluding diaryl/α,β-unsaturated/α-hetero) is 1. The highest BCUT2D eigenvalue weighted by Crippen LogP contribution is 2.29. The number of nitrogens with zero attached hydrogens (tertiary/aromatic N) is 4. The molecule has 3 aromatic rings. The van der Waals surface area contributed by atoms with Crippen LogP contribution in [0.1, 0.15) is 18.4 Å². The molecule has 0 amide bonds. The number of thioether (sulfide) groups is 1. The first-order valence-corrected chi connectivity index (χ1v) is 10.0. The minimum Gasteiger partial charge on any atom is -0.307 e. The van der Waals surface area contributed by atoms with E-state index in [0.717, 1.165) is 47.2 Å². The predicted octanol–water partition coefficient (Wildman–Crippen LogP) is 3.05. The van der Waals surface area contributed by atoms with Gasteiger partial charge in [0.1, 0.15) is 0 Å². The SMILES string of the molecule is Cc1ccccc1-n1c(SCC(=O)C2CCCN2)nnc1-c1ccncc1. The molecule has 6 nitrogen and oxygen atoms in total. The Morgan fingerprint density at radius 1 is 1.22 bits per heavy atom. The van der Waals surface area contributed by atoms with Gasteiger partial charge in [-0.25, -0.2) is 0 Å². The van der Waals surface area contributed by atoms with Crippen LogP contribution in [0.25, 0.3) is 17.1 Å². The summed E-state index contributed by atoms with van der Waals surface area (Å²) in [5.41, 5.74) is 3.08.